The van der Waals surface area contributed by atoms with Crippen molar-refractivity contribution in [1.29, 1.82) is 0 Å². The summed E-state index contributed by atoms with van der Waals surface area (Å²) in [6.07, 6.45) is 0. The van der Waals surface area contributed by atoms with E-state index in [2.05, 4.69) is 23.2 Å². The molecule has 0 amide bonds. The summed E-state index contributed by atoms with van der Waals surface area (Å²) < 4.78 is 0. The van der Waals surface area contributed by atoms with Crippen LogP contribution in [0.1, 0.15) is 43.7 Å². The van der Waals surface area contributed by atoms with E-state index in [0.717, 1.165) is 16.3 Å². The summed E-state index contributed by atoms with van der Waals surface area (Å²) in [5, 5.41) is 3.38. The second-order valence-electron chi connectivity index (χ2n) is 5.38. The Morgan fingerprint density at radius 2 is 1.46 bits per heavy atom. The number of nitrogens with two attached hydrogens (primary N) is 1. The van der Waals surface area contributed by atoms with E-state index < -0.39 is 0 Å². The third kappa shape index (κ3) is 3.77. The van der Waals surface area contributed by atoms with Gasteiger partial charge in [-0.2, -0.15) is 0 Å². The molecule has 0 saturated heterocycles. The minimum atomic E-state index is -0.0275. The second kappa shape index (κ2) is 8.86. The van der Waals surface area contributed by atoms with E-state index in [1.807, 2.05) is 52.0 Å². The molecule has 3 aromatic carbocycles. The maximum atomic E-state index is 12.6. The van der Waals surface area contributed by atoms with Crippen molar-refractivity contribution in [3.8, 4) is 0 Å². The molecule has 0 unspecified atom stereocenters. The molecular weight excluding hydrogens is 320 g/mol. The molecule has 0 aliphatic rings. The lowest BCUT2D eigenvalue weighted by molar-refractivity contribution is 0.103. The summed E-state index contributed by atoms with van der Waals surface area (Å²) >= 11 is 0. The standard InChI is InChI=1S/C19H14N2O.2C2H6/c20-14-8-5-13(6-9-14)19(22)18-11-16-15-4-2-1-3-12(15)7-10-17(16)21-18;2*1-2/h1-11,21H,20H2;2*1-2H3. The van der Waals surface area contributed by atoms with Gasteiger partial charge in [0.2, 0.25) is 5.78 Å². The third-order valence-corrected chi connectivity index (χ3v) is 3.95. The summed E-state index contributed by atoms with van der Waals surface area (Å²) in [6.45, 7) is 8.00. The molecule has 26 heavy (non-hydrogen) atoms. The third-order valence-electron chi connectivity index (χ3n) is 3.95. The van der Waals surface area contributed by atoms with Crippen LogP contribution in [0.15, 0.2) is 66.7 Å². The van der Waals surface area contributed by atoms with Crippen LogP contribution >= 0.6 is 0 Å². The number of nitrogen functional groups attached to an aromatic ring is 1. The van der Waals surface area contributed by atoms with Gasteiger partial charge in [0, 0.05) is 22.2 Å². The number of nitrogens with one attached hydrogen (secondary N) is 1. The average Bonchev–Trinajstić information content (AvgIpc) is 3.16. The van der Waals surface area contributed by atoms with Gasteiger partial charge in [-0.25, -0.2) is 0 Å². The molecule has 3 heteroatoms. The van der Waals surface area contributed by atoms with E-state index in [-0.39, 0.29) is 5.78 Å². The molecule has 134 valence electrons. The molecule has 0 radical (unpaired) electrons. The fraction of sp³-hybridized carbons (Fsp3) is 0.174. The number of benzene rings is 3. The molecule has 0 spiro atoms. The topological polar surface area (TPSA) is 58.9 Å². The van der Waals surface area contributed by atoms with Gasteiger partial charge in [-0.15, -0.1) is 0 Å². The zero-order valence-electron chi connectivity index (χ0n) is 15.8. The molecule has 3 nitrogen and oxygen atoms in total. The first-order chi connectivity index (χ1) is 12.7. The molecule has 0 fully saturated rings. The van der Waals surface area contributed by atoms with Crippen LogP contribution in [-0.2, 0) is 0 Å². The molecule has 4 rings (SSSR count). The minimum Gasteiger partial charge on any atom is -0.399 e. The van der Waals surface area contributed by atoms with Crippen molar-refractivity contribution in [2.75, 3.05) is 5.73 Å². The van der Waals surface area contributed by atoms with E-state index in [1.54, 1.807) is 24.3 Å². The smallest absolute Gasteiger partial charge is 0.209 e. The second-order valence-corrected chi connectivity index (χ2v) is 5.38. The number of hydrogen-bond donors (Lipinski definition) is 2. The number of anilines is 1. The Bertz CT molecular complexity index is 998. The van der Waals surface area contributed by atoms with Gasteiger partial charge in [-0.3, -0.25) is 4.79 Å². The summed E-state index contributed by atoms with van der Waals surface area (Å²) in [7, 11) is 0. The van der Waals surface area contributed by atoms with Crippen LogP contribution in [0.5, 0.6) is 0 Å². The molecule has 3 N–H and O–H groups in total. The number of H-pyrrole nitrogens is 1. The van der Waals surface area contributed by atoms with Crippen molar-refractivity contribution >= 4 is 33.1 Å². The van der Waals surface area contributed by atoms with Crippen LogP contribution in [0.25, 0.3) is 21.7 Å². The molecule has 0 aliphatic heterocycles. The summed E-state index contributed by atoms with van der Waals surface area (Å²) in [6, 6.07) is 21.2. The Labute approximate surface area is 154 Å². The number of fused-ring (bicyclic) bond motifs is 3. The van der Waals surface area contributed by atoms with Crippen LogP contribution in [-0.4, -0.2) is 10.8 Å². The van der Waals surface area contributed by atoms with Crippen molar-refractivity contribution in [3.05, 3.63) is 78.0 Å². The zero-order chi connectivity index (χ0) is 19.1. The maximum absolute atomic E-state index is 12.6. The van der Waals surface area contributed by atoms with Crippen molar-refractivity contribution in [3.63, 3.8) is 0 Å². The molecule has 0 aliphatic carbocycles. The molecule has 0 bridgehead atoms. The summed E-state index contributed by atoms with van der Waals surface area (Å²) in [5.74, 6) is -0.0275. The Hall–Kier alpha value is -3.07. The van der Waals surface area contributed by atoms with Gasteiger partial charge in [-0.1, -0.05) is 58.0 Å². The minimum absolute atomic E-state index is 0.0275. The Balaban J connectivity index is 0.000000570. The number of carbonyl (C=O) groups is 1. The normalized spacial score (nSPS) is 9.85. The fourth-order valence-corrected chi connectivity index (χ4v) is 2.80. The van der Waals surface area contributed by atoms with Gasteiger partial charge in [-0.05, 0) is 47.2 Å². The van der Waals surface area contributed by atoms with Gasteiger partial charge < -0.3 is 10.7 Å². The molecule has 1 aromatic heterocycles. The molecule has 4 aromatic rings. The van der Waals surface area contributed by atoms with E-state index in [4.69, 9.17) is 5.73 Å². The first kappa shape index (κ1) is 19.3. The molecule has 0 atom stereocenters. The van der Waals surface area contributed by atoms with Crippen molar-refractivity contribution in [2.24, 2.45) is 0 Å². The molecule has 0 saturated carbocycles. The predicted molar refractivity (Wildman–Crippen MR) is 113 cm³/mol. The highest BCUT2D eigenvalue weighted by molar-refractivity contribution is 6.14. The summed E-state index contributed by atoms with van der Waals surface area (Å²) in [5.41, 5.74) is 8.52. The van der Waals surface area contributed by atoms with E-state index in [1.165, 1.54) is 5.39 Å². The van der Waals surface area contributed by atoms with Gasteiger partial charge >= 0.3 is 0 Å². The SMILES string of the molecule is CC.CC.Nc1ccc(C(=O)c2cc3c(ccc4ccccc43)[nH]2)cc1. The average molecular weight is 346 g/mol. The zero-order valence-corrected chi connectivity index (χ0v) is 15.8. The van der Waals surface area contributed by atoms with Crippen LogP contribution in [0, 0.1) is 0 Å². The highest BCUT2D eigenvalue weighted by Crippen LogP contribution is 2.26. The number of ketones is 1. The lowest BCUT2D eigenvalue weighted by Crippen LogP contribution is -2.01. The van der Waals surface area contributed by atoms with Crippen LogP contribution in [0.2, 0.25) is 0 Å². The molecule has 1 heterocycles. The van der Waals surface area contributed by atoms with Crippen molar-refractivity contribution in [1.82, 2.24) is 4.98 Å². The van der Waals surface area contributed by atoms with Crippen LogP contribution in [0.3, 0.4) is 0 Å². The highest BCUT2D eigenvalue weighted by Gasteiger charge is 2.13. The number of hydrogen-bond acceptors (Lipinski definition) is 2. The van der Waals surface area contributed by atoms with Crippen molar-refractivity contribution in [2.45, 2.75) is 27.7 Å². The number of rotatable bonds is 2. The van der Waals surface area contributed by atoms with Crippen LogP contribution < -0.4 is 5.73 Å². The van der Waals surface area contributed by atoms with Gasteiger partial charge in [0.25, 0.3) is 0 Å². The highest BCUT2D eigenvalue weighted by atomic mass is 16.1. The number of aromatic amines is 1. The largest absolute Gasteiger partial charge is 0.399 e. The van der Waals surface area contributed by atoms with Gasteiger partial charge in [0.15, 0.2) is 0 Å². The number of aromatic nitrogens is 1. The molecular formula is C23H26N2O. The quantitative estimate of drug-likeness (QED) is 0.336. The first-order valence-electron chi connectivity index (χ1n) is 9.13. The van der Waals surface area contributed by atoms with Gasteiger partial charge in [0.1, 0.15) is 0 Å². The van der Waals surface area contributed by atoms with Gasteiger partial charge in [0.05, 0.1) is 5.69 Å². The Morgan fingerprint density at radius 3 is 2.15 bits per heavy atom. The van der Waals surface area contributed by atoms with E-state index in [0.29, 0.717) is 16.9 Å². The monoisotopic (exact) mass is 346 g/mol. The predicted octanol–water partition coefficient (Wildman–Crippen LogP) is 6.19. The summed E-state index contributed by atoms with van der Waals surface area (Å²) in [4.78, 5) is 15.8. The fourth-order valence-electron chi connectivity index (χ4n) is 2.80. The maximum Gasteiger partial charge on any atom is 0.209 e. The van der Waals surface area contributed by atoms with E-state index >= 15 is 0 Å². The van der Waals surface area contributed by atoms with Crippen molar-refractivity contribution < 1.29 is 4.79 Å². The Morgan fingerprint density at radius 1 is 0.808 bits per heavy atom. The lowest BCUT2D eigenvalue weighted by Gasteiger charge is -1.98. The number of carbonyl (C=O) groups excluding carboxylic acids is 1. The Kier molecular flexibility index (Phi) is 6.56. The van der Waals surface area contributed by atoms with E-state index in [9.17, 15) is 4.79 Å². The van der Waals surface area contributed by atoms with Crippen LogP contribution in [0.4, 0.5) is 5.69 Å². The lowest BCUT2D eigenvalue weighted by atomic mass is 10.1. The first-order valence-corrected chi connectivity index (χ1v) is 9.13.